The first-order valence-corrected chi connectivity index (χ1v) is 9.98. The van der Waals surface area contributed by atoms with Crippen molar-refractivity contribution in [1.29, 1.82) is 0 Å². The van der Waals surface area contributed by atoms with E-state index in [-0.39, 0.29) is 23.9 Å². The Morgan fingerprint density at radius 3 is 2.30 bits per heavy atom. The molecule has 0 saturated carbocycles. The lowest BCUT2D eigenvalue weighted by atomic mass is 10.1. The van der Waals surface area contributed by atoms with Gasteiger partial charge in [-0.25, -0.2) is 0 Å². The van der Waals surface area contributed by atoms with Gasteiger partial charge in [-0.2, -0.15) is 0 Å². The number of rotatable bonds is 8. The lowest BCUT2D eigenvalue weighted by Gasteiger charge is -2.37. The number of hydrogen-bond acceptors (Lipinski definition) is 4. The normalized spacial score (nSPS) is 17.9. The van der Waals surface area contributed by atoms with Crippen molar-refractivity contribution in [2.45, 2.75) is 52.7 Å². The zero-order valence-electron chi connectivity index (χ0n) is 17.1. The van der Waals surface area contributed by atoms with Crippen molar-refractivity contribution in [2.75, 3.05) is 32.7 Å². The van der Waals surface area contributed by atoms with Gasteiger partial charge >= 0.3 is 0 Å². The summed E-state index contributed by atoms with van der Waals surface area (Å²) in [4.78, 5) is 28.8. The Morgan fingerprint density at radius 1 is 1.07 bits per heavy atom. The lowest BCUT2D eigenvalue weighted by Crippen LogP contribution is -2.55. The van der Waals surface area contributed by atoms with Crippen molar-refractivity contribution in [3.8, 4) is 0 Å². The summed E-state index contributed by atoms with van der Waals surface area (Å²) in [7, 11) is 0. The molecule has 27 heavy (non-hydrogen) atoms. The van der Waals surface area contributed by atoms with E-state index in [9.17, 15) is 9.59 Å². The number of benzene rings is 1. The molecular weight excluding hydrogens is 340 g/mol. The van der Waals surface area contributed by atoms with Crippen LogP contribution in [-0.4, -0.2) is 66.4 Å². The lowest BCUT2D eigenvalue weighted by molar-refractivity contribution is -0.128. The Hall–Kier alpha value is -1.92. The van der Waals surface area contributed by atoms with Crippen molar-refractivity contribution in [1.82, 2.24) is 20.4 Å². The van der Waals surface area contributed by atoms with E-state index in [4.69, 9.17) is 0 Å². The van der Waals surface area contributed by atoms with Crippen molar-refractivity contribution in [3.63, 3.8) is 0 Å². The Balaban J connectivity index is 1.71. The average Bonchev–Trinajstić information content (AvgIpc) is 2.67. The number of carbonyl (C=O) groups is 2. The maximum atomic E-state index is 12.5. The minimum absolute atomic E-state index is 0.0542. The fraction of sp³-hybridized carbons (Fsp3) is 0.619. The predicted octanol–water partition coefficient (Wildman–Crippen LogP) is 1.53. The second kappa shape index (κ2) is 10.4. The van der Waals surface area contributed by atoms with Crippen LogP contribution in [0.1, 0.15) is 38.3 Å². The Kier molecular flexibility index (Phi) is 8.25. The third kappa shape index (κ3) is 6.96. The molecule has 150 valence electrons. The van der Waals surface area contributed by atoms with Crippen molar-refractivity contribution >= 4 is 11.8 Å². The van der Waals surface area contributed by atoms with E-state index >= 15 is 0 Å². The van der Waals surface area contributed by atoms with Crippen LogP contribution in [0.5, 0.6) is 0 Å². The number of aryl methyl sites for hydroxylation is 1. The molecule has 2 N–H and O–H groups in total. The quantitative estimate of drug-likeness (QED) is 0.724. The molecule has 1 aromatic rings. The monoisotopic (exact) mass is 374 g/mol. The second-order valence-electron chi connectivity index (χ2n) is 7.57. The molecule has 1 aromatic carbocycles. The fourth-order valence-corrected chi connectivity index (χ4v) is 3.14. The van der Waals surface area contributed by atoms with Crippen LogP contribution in [0.2, 0.25) is 0 Å². The van der Waals surface area contributed by atoms with Crippen LogP contribution >= 0.6 is 0 Å². The average molecular weight is 375 g/mol. The molecule has 2 rings (SSSR count). The van der Waals surface area contributed by atoms with Gasteiger partial charge < -0.3 is 10.6 Å². The third-order valence-corrected chi connectivity index (χ3v) is 5.31. The van der Waals surface area contributed by atoms with Crippen LogP contribution in [0.25, 0.3) is 0 Å². The minimum atomic E-state index is -0.161. The third-order valence-electron chi connectivity index (χ3n) is 5.31. The zero-order chi connectivity index (χ0) is 19.8. The molecule has 0 radical (unpaired) electrons. The van der Waals surface area contributed by atoms with Crippen LogP contribution in [0.3, 0.4) is 0 Å². The van der Waals surface area contributed by atoms with Crippen molar-refractivity contribution < 1.29 is 9.59 Å². The molecule has 0 bridgehead atoms. The number of carbonyl (C=O) groups excluding carboxylic acids is 2. The van der Waals surface area contributed by atoms with E-state index in [1.165, 1.54) is 5.56 Å². The summed E-state index contributed by atoms with van der Waals surface area (Å²) in [5.74, 6) is 0.139. The molecule has 1 aliphatic rings. The van der Waals surface area contributed by atoms with Gasteiger partial charge in [-0.15, -0.1) is 0 Å². The highest BCUT2D eigenvalue weighted by atomic mass is 16.2. The molecule has 1 aliphatic heterocycles. The molecule has 1 heterocycles. The number of nitrogens with one attached hydrogen (secondary N) is 2. The first-order chi connectivity index (χ1) is 12.9. The van der Waals surface area contributed by atoms with Crippen LogP contribution in [0.4, 0.5) is 0 Å². The molecular formula is C21H34N4O2. The first-order valence-electron chi connectivity index (χ1n) is 9.98. The molecule has 0 spiro atoms. The van der Waals surface area contributed by atoms with Gasteiger partial charge in [0, 0.05) is 38.8 Å². The molecule has 0 aromatic heterocycles. The smallest absolute Gasteiger partial charge is 0.237 e. The maximum Gasteiger partial charge on any atom is 0.237 e. The van der Waals surface area contributed by atoms with Crippen LogP contribution in [-0.2, 0) is 16.1 Å². The Bertz CT molecular complexity index is 609. The Labute approximate surface area is 163 Å². The van der Waals surface area contributed by atoms with Gasteiger partial charge in [-0.05, 0) is 32.8 Å². The fourth-order valence-electron chi connectivity index (χ4n) is 3.14. The van der Waals surface area contributed by atoms with E-state index in [0.29, 0.717) is 13.1 Å². The second-order valence-corrected chi connectivity index (χ2v) is 7.57. The summed E-state index contributed by atoms with van der Waals surface area (Å²) in [6.45, 7) is 12.3. The number of nitrogens with zero attached hydrogens (tertiary/aromatic N) is 2. The van der Waals surface area contributed by atoms with E-state index in [1.807, 2.05) is 26.0 Å². The minimum Gasteiger partial charge on any atom is -0.353 e. The molecule has 1 fully saturated rings. The summed E-state index contributed by atoms with van der Waals surface area (Å²) in [6, 6.07) is 8.26. The highest BCUT2D eigenvalue weighted by Crippen LogP contribution is 2.08. The highest BCUT2D eigenvalue weighted by Gasteiger charge is 2.26. The van der Waals surface area contributed by atoms with Gasteiger partial charge in [0.05, 0.1) is 12.6 Å². The summed E-state index contributed by atoms with van der Waals surface area (Å²) in [5, 5.41) is 6.04. The van der Waals surface area contributed by atoms with Crippen LogP contribution in [0.15, 0.2) is 24.3 Å². The van der Waals surface area contributed by atoms with Gasteiger partial charge in [0.15, 0.2) is 0 Å². The van der Waals surface area contributed by atoms with Gasteiger partial charge in [0.2, 0.25) is 11.8 Å². The van der Waals surface area contributed by atoms with E-state index in [2.05, 4.69) is 46.4 Å². The van der Waals surface area contributed by atoms with Gasteiger partial charge in [0.1, 0.15) is 0 Å². The van der Waals surface area contributed by atoms with E-state index in [0.717, 1.165) is 38.2 Å². The number of amides is 2. The van der Waals surface area contributed by atoms with Gasteiger partial charge in [0.25, 0.3) is 0 Å². The van der Waals surface area contributed by atoms with Crippen LogP contribution < -0.4 is 10.6 Å². The zero-order valence-corrected chi connectivity index (χ0v) is 17.1. The standard InChI is InChI=1S/C21H34N4O2/c1-5-17(3)23-20(26)15-24-10-12-25(13-11-24)18(4)21(27)22-14-19-8-6-16(2)7-9-19/h6-9,17-18H,5,10-15H2,1-4H3,(H,22,27)(H,23,26). The van der Waals surface area contributed by atoms with Crippen molar-refractivity contribution in [3.05, 3.63) is 35.4 Å². The van der Waals surface area contributed by atoms with Crippen molar-refractivity contribution in [2.24, 2.45) is 0 Å². The summed E-state index contributed by atoms with van der Waals surface area (Å²) < 4.78 is 0. The number of piperazine rings is 1. The van der Waals surface area contributed by atoms with Gasteiger partial charge in [-0.3, -0.25) is 19.4 Å². The largest absolute Gasteiger partial charge is 0.353 e. The molecule has 6 nitrogen and oxygen atoms in total. The van der Waals surface area contributed by atoms with Gasteiger partial charge in [-0.1, -0.05) is 36.8 Å². The highest BCUT2D eigenvalue weighted by molar-refractivity contribution is 5.81. The maximum absolute atomic E-state index is 12.5. The SMILES string of the molecule is CCC(C)NC(=O)CN1CCN(C(C)C(=O)NCc2ccc(C)cc2)CC1. The molecule has 2 unspecified atom stereocenters. The first kappa shape index (κ1) is 21.4. The molecule has 6 heteroatoms. The topological polar surface area (TPSA) is 64.7 Å². The van der Waals surface area contributed by atoms with E-state index < -0.39 is 0 Å². The number of hydrogen-bond donors (Lipinski definition) is 2. The molecule has 0 aliphatic carbocycles. The summed E-state index contributed by atoms with van der Waals surface area (Å²) in [5.41, 5.74) is 2.33. The predicted molar refractivity (Wildman–Crippen MR) is 108 cm³/mol. The van der Waals surface area contributed by atoms with Crippen LogP contribution in [0, 0.1) is 6.92 Å². The summed E-state index contributed by atoms with van der Waals surface area (Å²) in [6.07, 6.45) is 0.939. The summed E-state index contributed by atoms with van der Waals surface area (Å²) >= 11 is 0. The molecule has 2 amide bonds. The Morgan fingerprint density at radius 2 is 1.70 bits per heavy atom. The molecule has 2 atom stereocenters. The van der Waals surface area contributed by atoms with E-state index in [1.54, 1.807) is 0 Å². The molecule has 1 saturated heterocycles.